The Morgan fingerprint density at radius 1 is 1.11 bits per heavy atom. The van der Waals surface area contributed by atoms with E-state index in [2.05, 4.69) is 16.7 Å². The molecule has 1 aromatic rings. The number of hydrogen-bond acceptors (Lipinski definition) is 4. The van der Waals surface area contributed by atoms with E-state index in [1.54, 1.807) is 0 Å². The van der Waals surface area contributed by atoms with Gasteiger partial charge in [0.1, 0.15) is 0 Å². The van der Waals surface area contributed by atoms with Gasteiger partial charge in [-0.05, 0) is 43.1 Å². The van der Waals surface area contributed by atoms with Crippen LogP contribution in [0.1, 0.15) is 12.0 Å². The maximum Gasteiger partial charge on any atom is 0.0348 e. The van der Waals surface area contributed by atoms with Crippen molar-refractivity contribution in [2.45, 2.75) is 12.8 Å². The highest BCUT2D eigenvalue weighted by Gasteiger charge is 2.09. The number of thioether (sulfide) groups is 1. The van der Waals surface area contributed by atoms with Crippen LogP contribution < -0.4 is 11.5 Å². The molecule has 6 heteroatoms. The smallest absolute Gasteiger partial charge is 0.0348 e. The zero-order chi connectivity index (χ0) is 12.1. The van der Waals surface area contributed by atoms with E-state index >= 15 is 0 Å². The molecular weight excluding hydrogens is 301 g/mol. The van der Waals surface area contributed by atoms with E-state index in [0.29, 0.717) is 0 Å². The Kier molecular flexibility index (Phi) is 9.44. The first-order valence-electron chi connectivity index (χ1n) is 6.19. The van der Waals surface area contributed by atoms with Crippen molar-refractivity contribution >= 4 is 48.0 Å². The monoisotopic (exact) mass is 323 g/mol. The van der Waals surface area contributed by atoms with Gasteiger partial charge < -0.3 is 16.4 Å². The predicted molar refractivity (Wildman–Crippen MR) is 91.8 cm³/mol. The number of benzene rings is 1. The number of anilines is 2. The fraction of sp³-hybridized carbons (Fsp3) is 0.538. The molecule has 1 saturated heterocycles. The zero-order valence-electron chi connectivity index (χ0n) is 11.0. The van der Waals surface area contributed by atoms with Gasteiger partial charge in [0.2, 0.25) is 0 Å². The average Bonchev–Trinajstić information content (AvgIpc) is 2.35. The number of aryl methyl sites for hydroxylation is 1. The molecule has 2 rings (SSSR count). The van der Waals surface area contributed by atoms with E-state index in [4.69, 9.17) is 11.5 Å². The first kappa shape index (κ1) is 18.7. The van der Waals surface area contributed by atoms with Crippen LogP contribution in [0, 0.1) is 0 Å². The SMILES string of the molecule is Cl.Cl.Nc1ccc(N)c(CCCN2CCSCC2)c1. The second-order valence-electron chi connectivity index (χ2n) is 4.52. The first-order chi connectivity index (χ1) is 8.25. The van der Waals surface area contributed by atoms with Crippen molar-refractivity contribution in [2.24, 2.45) is 0 Å². The highest BCUT2D eigenvalue weighted by Crippen LogP contribution is 2.18. The summed E-state index contributed by atoms with van der Waals surface area (Å²) < 4.78 is 0. The van der Waals surface area contributed by atoms with Crippen LogP contribution in [0.4, 0.5) is 11.4 Å². The molecule has 0 saturated carbocycles. The summed E-state index contributed by atoms with van der Waals surface area (Å²) in [6.07, 6.45) is 2.19. The molecule has 1 fully saturated rings. The molecule has 1 heterocycles. The van der Waals surface area contributed by atoms with Crippen molar-refractivity contribution in [1.29, 1.82) is 0 Å². The number of hydrogen-bond donors (Lipinski definition) is 2. The van der Waals surface area contributed by atoms with Crippen LogP contribution >= 0.6 is 36.6 Å². The van der Waals surface area contributed by atoms with Crippen molar-refractivity contribution in [3.05, 3.63) is 23.8 Å². The Balaban J connectivity index is 0.00000162. The molecular formula is C13H23Cl2N3S. The third-order valence-corrected chi connectivity index (χ3v) is 4.13. The summed E-state index contributed by atoms with van der Waals surface area (Å²) in [5.41, 5.74) is 14.6. The highest BCUT2D eigenvalue weighted by atomic mass is 35.5. The summed E-state index contributed by atoms with van der Waals surface area (Å²) >= 11 is 2.05. The molecule has 0 radical (unpaired) electrons. The van der Waals surface area contributed by atoms with Gasteiger partial charge in [-0.25, -0.2) is 0 Å². The van der Waals surface area contributed by atoms with Crippen LogP contribution in [0.25, 0.3) is 0 Å². The summed E-state index contributed by atoms with van der Waals surface area (Å²) in [5, 5.41) is 0. The van der Waals surface area contributed by atoms with E-state index < -0.39 is 0 Å². The molecule has 1 aliphatic rings. The van der Waals surface area contributed by atoms with Crippen LogP contribution in [-0.2, 0) is 6.42 Å². The Morgan fingerprint density at radius 3 is 2.47 bits per heavy atom. The second kappa shape index (κ2) is 9.59. The predicted octanol–water partition coefficient (Wildman–Crippen LogP) is 2.68. The van der Waals surface area contributed by atoms with Crippen LogP contribution in [0.5, 0.6) is 0 Å². The number of nitrogen functional groups attached to an aromatic ring is 2. The van der Waals surface area contributed by atoms with Gasteiger partial charge in [0.05, 0.1) is 0 Å². The summed E-state index contributed by atoms with van der Waals surface area (Å²) in [6, 6.07) is 5.77. The van der Waals surface area contributed by atoms with Gasteiger partial charge in [-0.2, -0.15) is 11.8 Å². The minimum atomic E-state index is 0. The lowest BCUT2D eigenvalue weighted by Gasteiger charge is -2.26. The van der Waals surface area contributed by atoms with Gasteiger partial charge in [-0.15, -0.1) is 24.8 Å². The summed E-state index contributed by atoms with van der Waals surface area (Å²) in [4.78, 5) is 2.54. The highest BCUT2D eigenvalue weighted by molar-refractivity contribution is 7.99. The Labute approximate surface area is 132 Å². The van der Waals surface area contributed by atoms with Gasteiger partial charge >= 0.3 is 0 Å². The normalized spacial score (nSPS) is 15.4. The van der Waals surface area contributed by atoms with Crippen LogP contribution in [0.3, 0.4) is 0 Å². The maximum atomic E-state index is 5.94. The third kappa shape index (κ3) is 6.13. The van der Waals surface area contributed by atoms with Crippen molar-refractivity contribution < 1.29 is 0 Å². The molecule has 0 bridgehead atoms. The molecule has 0 aromatic heterocycles. The minimum Gasteiger partial charge on any atom is -0.399 e. The van der Waals surface area contributed by atoms with E-state index in [1.165, 1.54) is 43.1 Å². The van der Waals surface area contributed by atoms with Crippen LogP contribution in [-0.4, -0.2) is 36.0 Å². The fourth-order valence-electron chi connectivity index (χ4n) is 2.16. The summed E-state index contributed by atoms with van der Waals surface area (Å²) in [5.74, 6) is 2.56. The summed E-state index contributed by atoms with van der Waals surface area (Å²) in [7, 11) is 0. The van der Waals surface area contributed by atoms with Crippen LogP contribution in [0.15, 0.2) is 18.2 Å². The first-order valence-corrected chi connectivity index (χ1v) is 7.35. The molecule has 0 amide bonds. The minimum absolute atomic E-state index is 0. The average molecular weight is 324 g/mol. The van der Waals surface area contributed by atoms with Crippen molar-refractivity contribution in [3.8, 4) is 0 Å². The van der Waals surface area contributed by atoms with E-state index in [-0.39, 0.29) is 24.8 Å². The number of rotatable bonds is 4. The third-order valence-electron chi connectivity index (χ3n) is 3.19. The maximum absolute atomic E-state index is 5.94. The molecule has 0 aliphatic carbocycles. The Bertz CT molecular complexity index is 371. The number of nitrogens with two attached hydrogens (primary N) is 2. The van der Waals surface area contributed by atoms with Crippen molar-refractivity contribution in [2.75, 3.05) is 42.6 Å². The lowest BCUT2D eigenvalue weighted by Crippen LogP contribution is -2.33. The molecule has 19 heavy (non-hydrogen) atoms. The van der Waals surface area contributed by atoms with E-state index in [9.17, 15) is 0 Å². The molecule has 3 nitrogen and oxygen atoms in total. The second-order valence-corrected chi connectivity index (χ2v) is 5.74. The molecule has 0 unspecified atom stereocenters. The number of nitrogens with zero attached hydrogens (tertiary/aromatic N) is 1. The van der Waals surface area contributed by atoms with Gasteiger partial charge in [0, 0.05) is 36.0 Å². The summed E-state index contributed by atoms with van der Waals surface area (Å²) in [6.45, 7) is 3.64. The van der Waals surface area contributed by atoms with Gasteiger partial charge in [-0.1, -0.05) is 0 Å². The number of halogens is 2. The quantitative estimate of drug-likeness (QED) is 0.836. The topological polar surface area (TPSA) is 55.3 Å². The molecule has 0 spiro atoms. The molecule has 1 aromatic carbocycles. The molecule has 1 aliphatic heterocycles. The van der Waals surface area contributed by atoms with E-state index in [1.807, 2.05) is 18.2 Å². The fourth-order valence-corrected chi connectivity index (χ4v) is 3.14. The van der Waals surface area contributed by atoms with Gasteiger partial charge in [-0.3, -0.25) is 0 Å². The van der Waals surface area contributed by atoms with Crippen molar-refractivity contribution in [3.63, 3.8) is 0 Å². The molecule has 110 valence electrons. The van der Waals surface area contributed by atoms with Crippen LogP contribution in [0.2, 0.25) is 0 Å². The standard InChI is InChI=1S/C13H21N3S.2ClH/c14-12-3-4-13(15)11(10-12)2-1-5-16-6-8-17-9-7-16;;/h3-4,10H,1-2,5-9,14-15H2;2*1H. The molecule has 0 atom stereocenters. The van der Waals surface area contributed by atoms with Gasteiger partial charge in [0.15, 0.2) is 0 Å². The van der Waals surface area contributed by atoms with Crippen molar-refractivity contribution in [1.82, 2.24) is 4.90 Å². The Morgan fingerprint density at radius 2 is 1.79 bits per heavy atom. The largest absolute Gasteiger partial charge is 0.399 e. The van der Waals surface area contributed by atoms with Gasteiger partial charge in [0.25, 0.3) is 0 Å². The lowest BCUT2D eigenvalue weighted by atomic mass is 10.1. The zero-order valence-corrected chi connectivity index (χ0v) is 13.5. The molecule has 4 N–H and O–H groups in total. The lowest BCUT2D eigenvalue weighted by molar-refractivity contribution is 0.299. The van der Waals surface area contributed by atoms with E-state index in [0.717, 1.165) is 17.8 Å². The Hall–Kier alpha value is -0.290.